The molecule has 0 atom stereocenters. The Hall–Kier alpha value is -2.25. The van der Waals surface area contributed by atoms with Crippen molar-refractivity contribution in [1.82, 2.24) is 15.0 Å². The maximum Gasteiger partial charge on any atom is 0.240 e. The van der Waals surface area contributed by atoms with Crippen LogP contribution in [0, 0.1) is 6.92 Å². The van der Waals surface area contributed by atoms with Gasteiger partial charge in [0.25, 0.3) is 0 Å². The van der Waals surface area contributed by atoms with Crippen LogP contribution < -0.4 is 16.6 Å². The first-order valence-corrected chi connectivity index (χ1v) is 7.01. The molecule has 0 bridgehead atoms. The van der Waals surface area contributed by atoms with Crippen molar-refractivity contribution in [3.05, 3.63) is 41.0 Å². The van der Waals surface area contributed by atoms with Crippen molar-refractivity contribution in [2.24, 2.45) is 5.84 Å². The molecule has 0 fully saturated rings. The molecule has 102 valence electrons. The van der Waals surface area contributed by atoms with Gasteiger partial charge in [0.1, 0.15) is 10.6 Å². The van der Waals surface area contributed by atoms with Gasteiger partial charge in [0.15, 0.2) is 0 Å². The summed E-state index contributed by atoms with van der Waals surface area (Å²) in [6, 6.07) is 3.99. The van der Waals surface area contributed by atoms with E-state index in [1.165, 1.54) is 5.56 Å². The number of pyridine rings is 1. The van der Waals surface area contributed by atoms with E-state index >= 15 is 0 Å². The Bertz CT molecular complexity index is 739. The number of anilines is 2. The summed E-state index contributed by atoms with van der Waals surface area (Å²) in [6.07, 6.45) is 3.65. The largest absolute Gasteiger partial charge is 0.365 e. The second-order valence-electron chi connectivity index (χ2n) is 4.34. The molecule has 0 unspecified atom stereocenters. The average molecular weight is 286 g/mol. The Labute approximate surface area is 120 Å². The number of nitrogens with one attached hydrogen (secondary N) is 2. The van der Waals surface area contributed by atoms with Crippen LogP contribution in [0.25, 0.3) is 10.2 Å². The zero-order chi connectivity index (χ0) is 13.9. The highest BCUT2D eigenvalue weighted by Crippen LogP contribution is 2.26. The lowest BCUT2D eigenvalue weighted by Gasteiger charge is -2.09. The Kier molecular flexibility index (Phi) is 3.44. The molecule has 0 aliphatic rings. The van der Waals surface area contributed by atoms with Crippen LogP contribution >= 0.6 is 11.3 Å². The van der Waals surface area contributed by atoms with Gasteiger partial charge in [-0.3, -0.25) is 10.4 Å². The Morgan fingerprint density at radius 2 is 2.20 bits per heavy atom. The van der Waals surface area contributed by atoms with Crippen molar-refractivity contribution in [3.8, 4) is 0 Å². The number of nitrogen functional groups attached to an aromatic ring is 1. The van der Waals surface area contributed by atoms with Gasteiger partial charge < -0.3 is 5.32 Å². The summed E-state index contributed by atoms with van der Waals surface area (Å²) in [5.41, 5.74) is 4.82. The summed E-state index contributed by atoms with van der Waals surface area (Å²) in [6.45, 7) is 2.72. The first-order valence-electron chi connectivity index (χ1n) is 6.13. The number of hydrazine groups is 1. The van der Waals surface area contributed by atoms with E-state index in [1.807, 2.05) is 23.7 Å². The third-order valence-corrected chi connectivity index (χ3v) is 3.85. The number of aryl methyl sites for hydroxylation is 1. The highest BCUT2D eigenvalue weighted by Gasteiger charge is 2.08. The molecular weight excluding hydrogens is 272 g/mol. The number of thiophene rings is 1. The summed E-state index contributed by atoms with van der Waals surface area (Å²) in [4.78, 5) is 13.7. The Morgan fingerprint density at radius 3 is 3.00 bits per heavy atom. The second-order valence-corrected chi connectivity index (χ2v) is 5.23. The average Bonchev–Trinajstić information content (AvgIpc) is 2.94. The third-order valence-electron chi connectivity index (χ3n) is 3.05. The van der Waals surface area contributed by atoms with Gasteiger partial charge in [0.2, 0.25) is 5.95 Å². The molecule has 20 heavy (non-hydrogen) atoms. The fourth-order valence-electron chi connectivity index (χ4n) is 1.92. The van der Waals surface area contributed by atoms with Crippen LogP contribution in [0.15, 0.2) is 29.9 Å². The topological polar surface area (TPSA) is 88.8 Å². The molecule has 0 spiro atoms. The van der Waals surface area contributed by atoms with Crippen LogP contribution in [0.4, 0.5) is 11.8 Å². The van der Waals surface area contributed by atoms with E-state index in [4.69, 9.17) is 5.84 Å². The van der Waals surface area contributed by atoms with Gasteiger partial charge in [-0.05, 0) is 35.6 Å². The number of fused-ring (bicyclic) bond motifs is 1. The normalized spacial score (nSPS) is 10.7. The van der Waals surface area contributed by atoms with Crippen molar-refractivity contribution in [1.29, 1.82) is 0 Å². The number of rotatable bonds is 4. The number of nitrogens with two attached hydrogens (primary N) is 1. The minimum absolute atomic E-state index is 0.408. The molecule has 3 rings (SSSR count). The van der Waals surface area contributed by atoms with Crippen LogP contribution in [-0.4, -0.2) is 15.0 Å². The number of nitrogens with zero attached hydrogens (tertiary/aromatic N) is 3. The summed E-state index contributed by atoms with van der Waals surface area (Å²) < 4.78 is 0. The van der Waals surface area contributed by atoms with E-state index in [0.717, 1.165) is 21.6 Å². The highest BCUT2D eigenvalue weighted by atomic mass is 32.1. The summed E-state index contributed by atoms with van der Waals surface area (Å²) >= 11 is 1.56. The Balaban J connectivity index is 1.90. The van der Waals surface area contributed by atoms with Crippen LogP contribution in [-0.2, 0) is 6.54 Å². The standard InChI is InChI=1S/C13H14N6S/c1-8-2-4-15-6-9(8)7-16-11-10-3-5-20-12(10)18-13(17-11)19-14/h2-6H,7,14H2,1H3,(H2,16,17,18,19). The van der Waals surface area contributed by atoms with Crippen molar-refractivity contribution in [3.63, 3.8) is 0 Å². The van der Waals surface area contributed by atoms with Crippen LogP contribution in [0.1, 0.15) is 11.1 Å². The van der Waals surface area contributed by atoms with Crippen LogP contribution in [0.2, 0.25) is 0 Å². The van der Waals surface area contributed by atoms with E-state index in [0.29, 0.717) is 12.5 Å². The van der Waals surface area contributed by atoms with E-state index in [9.17, 15) is 0 Å². The Morgan fingerprint density at radius 1 is 1.30 bits per heavy atom. The molecule has 4 N–H and O–H groups in total. The molecule has 6 nitrogen and oxygen atoms in total. The van der Waals surface area contributed by atoms with E-state index in [1.54, 1.807) is 17.5 Å². The van der Waals surface area contributed by atoms with E-state index < -0.39 is 0 Å². The minimum Gasteiger partial charge on any atom is -0.365 e. The molecule has 0 saturated heterocycles. The number of aromatic nitrogens is 3. The molecule has 7 heteroatoms. The van der Waals surface area contributed by atoms with Gasteiger partial charge in [-0.2, -0.15) is 4.98 Å². The highest BCUT2D eigenvalue weighted by molar-refractivity contribution is 7.16. The van der Waals surface area contributed by atoms with Gasteiger partial charge in [-0.1, -0.05) is 0 Å². The monoisotopic (exact) mass is 286 g/mol. The van der Waals surface area contributed by atoms with Crippen LogP contribution in [0.5, 0.6) is 0 Å². The molecule has 0 aliphatic carbocycles. The zero-order valence-electron chi connectivity index (χ0n) is 10.9. The van der Waals surface area contributed by atoms with Gasteiger partial charge in [-0.15, -0.1) is 11.3 Å². The quantitative estimate of drug-likeness (QED) is 0.504. The predicted octanol–water partition coefficient (Wildman–Crippen LogP) is 2.29. The van der Waals surface area contributed by atoms with Gasteiger partial charge >= 0.3 is 0 Å². The molecule has 3 heterocycles. The maximum atomic E-state index is 5.40. The molecular formula is C13H14N6S. The van der Waals surface area contributed by atoms with Crippen molar-refractivity contribution >= 4 is 33.3 Å². The molecule has 0 radical (unpaired) electrons. The lowest BCUT2D eigenvalue weighted by Crippen LogP contribution is -2.12. The van der Waals surface area contributed by atoms with Crippen molar-refractivity contribution in [2.75, 3.05) is 10.7 Å². The van der Waals surface area contributed by atoms with Gasteiger partial charge in [0, 0.05) is 18.9 Å². The molecule has 0 aromatic carbocycles. The van der Waals surface area contributed by atoms with Crippen LogP contribution in [0.3, 0.4) is 0 Å². The molecule has 0 saturated carbocycles. The molecule has 3 aromatic rings. The summed E-state index contributed by atoms with van der Waals surface area (Å²) in [5.74, 6) is 6.58. The zero-order valence-corrected chi connectivity index (χ0v) is 11.7. The lowest BCUT2D eigenvalue weighted by molar-refractivity contribution is 1.06. The number of hydrogen-bond acceptors (Lipinski definition) is 7. The number of hydrogen-bond donors (Lipinski definition) is 3. The minimum atomic E-state index is 0.408. The predicted molar refractivity (Wildman–Crippen MR) is 81.5 cm³/mol. The van der Waals surface area contributed by atoms with Gasteiger partial charge in [-0.25, -0.2) is 10.8 Å². The van der Waals surface area contributed by atoms with Gasteiger partial charge in [0.05, 0.1) is 5.39 Å². The second kappa shape index (κ2) is 5.40. The molecule has 3 aromatic heterocycles. The fraction of sp³-hybridized carbons (Fsp3) is 0.154. The third kappa shape index (κ3) is 2.40. The van der Waals surface area contributed by atoms with Crippen molar-refractivity contribution < 1.29 is 0 Å². The van der Waals surface area contributed by atoms with Crippen molar-refractivity contribution in [2.45, 2.75) is 13.5 Å². The first-order chi connectivity index (χ1) is 9.78. The summed E-state index contributed by atoms with van der Waals surface area (Å²) in [7, 11) is 0. The molecule has 0 amide bonds. The van der Waals surface area contributed by atoms with E-state index in [-0.39, 0.29) is 0 Å². The smallest absolute Gasteiger partial charge is 0.240 e. The van der Waals surface area contributed by atoms with E-state index in [2.05, 4.69) is 32.6 Å². The molecule has 0 aliphatic heterocycles. The SMILES string of the molecule is Cc1ccncc1CNc1nc(NN)nc2sccc12. The maximum absolute atomic E-state index is 5.40. The first kappa shape index (κ1) is 12.8. The lowest BCUT2D eigenvalue weighted by atomic mass is 10.1. The fourth-order valence-corrected chi connectivity index (χ4v) is 2.68. The summed E-state index contributed by atoms with van der Waals surface area (Å²) in [5, 5.41) is 6.31.